The number of nitrogens with zero attached hydrogens (tertiary/aromatic N) is 2. The van der Waals surface area contributed by atoms with Gasteiger partial charge in [-0.25, -0.2) is 17.6 Å². The van der Waals surface area contributed by atoms with E-state index >= 15 is 0 Å². The maximum Gasteiger partial charge on any atom is 0.246 e. The zero-order chi connectivity index (χ0) is 16.6. The van der Waals surface area contributed by atoms with Crippen molar-refractivity contribution in [2.45, 2.75) is 20.4 Å². The number of aryl methyl sites for hydroxylation is 1. The van der Waals surface area contributed by atoms with E-state index in [1.165, 1.54) is 4.68 Å². The summed E-state index contributed by atoms with van der Waals surface area (Å²) >= 11 is 3.26. The molecular weight excluding hydrogens is 370 g/mol. The molecule has 0 aliphatic heterocycles. The quantitative estimate of drug-likeness (QED) is 0.655. The van der Waals surface area contributed by atoms with Crippen LogP contribution in [0.2, 0.25) is 0 Å². The van der Waals surface area contributed by atoms with Crippen molar-refractivity contribution in [3.05, 3.63) is 45.2 Å². The topological polar surface area (TPSA) is 46.9 Å². The molecule has 0 aliphatic carbocycles. The molecule has 0 bridgehead atoms. The van der Waals surface area contributed by atoms with E-state index in [0.717, 1.165) is 0 Å². The molecule has 0 spiro atoms. The molecule has 2 rings (SSSR count). The van der Waals surface area contributed by atoms with Crippen LogP contribution < -0.4 is 5.32 Å². The summed E-state index contributed by atoms with van der Waals surface area (Å²) in [6.45, 7) is 3.02. The fraction of sp³-hybridized carbons (Fsp3) is 0.231. The zero-order valence-corrected chi connectivity index (χ0v) is 13.1. The first-order valence-corrected chi connectivity index (χ1v) is 6.84. The number of amides is 1. The highest BCUT2D eigenvalue weighted by molar-refractivity contribution is 9.10. The molecule has 0 unspecified atom stereocenters. The Labute approximate surface area is 131 Å². The first-order chi connectivity index (χ1) is 10.2. The number of hydrogen-bond donors (Lipinski definition) is 1. The van der Waals surface area contributed by atoms with E-state index in [-0.39, 0.29) is 12.6 Å². The number of carbonyl (C=O) groups is 1. The molecule has 22 heavy (non-hydrogen) atoms. The van der Waals surface area contributed by atoms with Crippen LogP contribution in [0.25, 0.3) is 0 Å². The van der Waals surface area contributed by atoms with Crippen LogP contribution in [0.4, 0.5) is 23.2 Å². The van der Waals surface area contributed by atoms with E-state index in [0.29, 0.717) is 15.9 Å². The molecule has 0 saturated carbocycles. The molecule has 9 heteroatoms. The first-order valence-electron chi connectivity index (χ1n) is 6.04. The molecule has 4 nitrogen and oxygen atoms in total. The van der Waals surface area contributed by atoms with Gasteiger partial charge in [-0.2, -0.15) is 5.10 Å². The third-order valence-corrected chi connectivity index (χ3v) is 4.11. The van der Waals surface area contributed by atoms with Crippen molar-refractivity contribution in [2.75, 3.05) is 5.32 Å². The number of halogens is 5. The van der Waals surface area contributed by atoms with Gasteiger partial charge in [-0.05, 0) is 29.8 Å². The van der Waals surface area contributed by atoms with E-state index < -0.39 is 34.9 Å². The number of anilines is 1. The maximum atomic E-state index is 13.5. The fourth-order valence-corrected chi connectivity index (χ4v) is 2.11. The number of carbonyl (C=O) groups excluding carboxylic acids is 1. The monoisotopic (exact) mass is 379 g/mol. The second-order valence-electron chi connectivity index (χ2n) is 4.53. The Morgan fingerprint density at radius 1 is 1.23 bits per heavy atom. The standard InChI is InChI=1S/C13H10BrF4N3O/c1-5-10(14)6(2)21(20-5)4-9(22)19-13-11(17)7(15)3-8(16)12(13)18/h3H,4H2,1-2H3,(H,19,22). The molecule has 0 fully saturated rings. The lowest BCUT2D eigenvalue weighted by atomic mass is 10.2. The average Bonchev–Trinajstić information content (AvgIpc) is 2.69. The van der Waals surface area contributed by atoms with Crippen LogP contribution in [0.15, 0.2) is 10.5 Å². The van der Waals surface area contributed by atoms with Gasteiger partial charge in [-0.15, -0.1) is 0 Å². The summed E-state index contributed by atoms with van der Waals surface area (Å²) in [5.74, 6) is -7.39. The molecule has 1 amide bonds. The lowest BCUT2D eigenvalue weighted by molar-refractivity contribution is -0.117. The van der Waals surface area contributed by atoms with Crippen LogP contribution in [-0.4, -0.2) is 15.7 Å². The fourth-order valence-electron chi connectivity index (χ4n) is 1.83. The summed E-state index contributed by atoms with van der Waals surface area (Å²) in [6, 6.07) is 0.0679. The van der Waals surface area contributed by atoms with Crippen molar-refractivity contribution < 1.29 is 22.4 Å². The lowest BCUT2D eigenvalue weighted by Gasteiger charge is -2.09. The predicted molar refractivity (Wildman–Crippen MR) is 74.3 cm³/mol. The van der Waals surface area contributed by atoms with E-state index in [9.17, 15) is 22.4 Å². The van der Waals surface area contributed by atoms with Crippen LogP contribution >= 0.6 is 15.9 Å². The molecular formula is C13H10BrF4N3O. The zero-order valence-electron chi connectivity index (χ0n) is 11.5. The molecule has 0 saturated heterocycles. The third-order valence-electron chi connectivity index (χ3n) is 2.96. The van der Waals surface area contributed by atoms with Gasteiger partial charge < -0.3 is 5.32 Å². The Bertz CT molecular complexity index is 734. The number of hydrogen-bond acceptors (Lipinski definition) is 2. The van der Waals surface area contributed by atoms with Crippen molar-refractivity contribution in [1.82, 2.24) is 9.78 Å². The molecule has 0 radical (unpaired) electrons. The minimum absolute atomic E-state index is 0.0679. The number of rotatable bonds is 3. The highest BCUT2D eigenvalue weighted by Crippen LogP contribution is 2.24. The summed E-state index contributed by atoms with van der Waals surface area (Å²) < 4.78 is 55.0. The van der Waals surface area contributed by atoms with Gasteiger partial charge in [-0.1, -0.05) is 0 Å². The van der Waals surface area contributed by atoms with Gasteiger partial charge in [0.2, 0.25) is 5.91 Å². The van der Waals surface area contributed by atoms with Crippen molar-refractivity contribution in [3.8, 4) is 0 Å². The van der Waals surface area contributed by atoms with Crippen molar-refractivity contribution in [1.29, 1.82) is 0 Å². The maximum absolute atomic E-state index is 13.5. The second kappa shape index (κ2) is 6.07. The van der Waals surface area contributed by atoms with Gasteiger partial charge in [0.05, 0.1) is 15.9 Å². The molecule has 0 atom stereocenters. The van der Waals surface area contributed by atoms with Crippen LogP contribution in [-0.2, 0) is 11.3 Å². The Balaban J connectivity index is 2.25. The summed E-state index contributed by atoms with van der Waals surface area (Å²) in [5.41, 5.74) is 0.0848. The summed E-state index contributed by atoms with van der Waals surface area (Å²) in [7, 11) is 0. The lowest BCUT2D eigenvalue weighted by Crippen LogP contribution is -2.22. The normalized spacial score (nSPS) is 10.9. The SMILES string of the molecule is Cc1nn(CC(=O)Nc2c(F)c(F)cc(F)c2F)c(C)c1Br. The Kier molecular flexibility index (Phi) is 4.55. The number of nitrogens with one attached hydrogen (secondary N) is 1. The highest BCUT2D eigenvalue weighted by atomic mass is 79.9. The molecule has 1 N–H and O–H groups in total. The molecule has 1 heterocycles. The largest absolute Gasteiger partial charge is 0.319 e. The van der Waals surface area contributed by atoms with Gasteiger partial charge >= 0.3 is 0 Å². The van der Waals surface area contributed by atoms with Gasteiger partial charge in [0, 0.05) is 6.07 Å². The first kappa shape index (κ1) is 16.5. The molecule has 118 valence electrons. The van der Waals surface area contributed by atoms with Gasteiger partial charge in [0.15, 0.2) is 23.3 Å². The second-order valence-corrected chi connectivity index (χ2v) is 5.33. The van der Waals surface area contributed by atoms with Gasteiger partial charge in [0.25, 0.3) is 0 Å². The van der Waals surface area contributed by atoms with Crippen molar-refractivity contribution >= 4 is 27.5 Å². The molecule has 1 aromatic carbocycles. The van der Waals surface area contributed by atoms with E-state index in [1.807, 2.05) is 5.32 Å². The van der Waals surface area contributed by atoms with Crippen molar-refractivity contribution in [3.63, 3.8) is 0 Å². The Morgan fingerprint density at radius 3 is 2.23 bits per heavy atom. The van der Waals surface area contributed by atoms with Crippen LogP contribution in [0.3, 0.4) is 0 Å². The van der Waals surface area contributed by atoms with E-state index in [1.54, 1.807) is 13.8 Å². The van der Waals surface area contributed by atoms with E-state index in [4.69, 9.17) is 0 Å². The average molecular weight is 380 g/mol. The number of aromatic nitrogens is 2. The van der Waals surface area contributed by atoms with Gasteiger partial charge in [-0.3, -0.25) is 9.48 Å². The summed E-state index contributed by atoms with van der Waals surface area (Å²) in [4.78, 5) is 11.8. The predicted octanol–water partition coefficient (Wildman–Crippen LogP) is 3.46. The minimum Gasteiger partial charge on any atom is -0.319 e. The Morgan fingerprint density at radius 2 is 1.77 bits per heavy atom. The van der Waals surface area contributed by atoms with Crippen LogP contribution in [0, 0.1) is 37.1 Å². The third kappa shape index (κ3) is 2.99. The van der Waals surface area contributed by atoms with E-state index in [2.05, 4.69) is 21.0 Å². The molecule has 0 aliphatic rings. The van der Waals surface area contributed by atoms with Crippen molar-refractivity contribution in [2.24, 2.45) is 0 Å². The van der Waals surface area contributed by atoms with Gasteiger partial charge in [0.1, 0.15) is 12.2 Å². The minimum atomic E-state index is -1.67. The molecule has 1 aromatic heterocycles. The smallest absolute Gasteiger partial charge is 0.246 e. The molecule has 2 aromatic rings. The highest BCUT2D eigenvalue weighted by Gasteiger charge is 2.21. The Hall–Kier alpha value is -1.90. The number of benzene rings is 1. The summed E-state index contributed by atoms with van der Waals surface area (Å²) in [5, 5.41) is 5.86. The van der Waals surface area contributed by atoms with Crippen LogP contribution in [0.5, 0.6) is 0 Å². The summed E-state index contributed by atoms with van der Waals surface area (Å²) in [6.07, 6.45) is 0. The van der Waals surface area contributed by atoms with Crippen LogP contribution in [0.1, 0.15) is 11.4 Å².